The highest BCUT2D eigenvalue weighted by atomic mass is 35.5. The number of para-hydroxylation sites is 1. The van der Waals surface area contributed by atoms with Crippen molar-refractivity contribution in [2.45, 2.75) is 0 Å². The smallest absolute Gasteiger partial charge is 0.243 e. The zero-order valence-corrected chi connectivity index (χ0v) is 11.7. The van der Waals surface area contributed by atoms with Gasteiger partial charge in [-0.3, -0.25) is 4.79 Å². The molecule has 0 aliphatic carbocycles. The lowest BCUT2D eigenvalue weighted by Gasteiger charge is -2.18. The Morgan fingerprint density at radius 3 is 2.60 bits per heavy atom. The van der Waals surface area contributed by atoms with Crippen molar-refractivity contribution in [3.05, 3.63) is 59.4 Å². The van der Waals surface area contributed by atoms with Crippen LogP contribution in [0.3, 0.4) is 0 Å². The minimum absolute atomic E-state index is 0.0146. The van der Waals surface area contributed by atoms with E-state index in [1.165, 1.54) is 18.2 Å². The van der Waals surface area contributed by atoms with Crippen LogP contribution in [0.5, 0.6) is 0 Å². The summed E-state index contributed by atoms with van der Waals surface area (Å²) in [5.74, 6) is -0.704. The van der Waals surface area contributed by atoms with E-state index < -0.39 is 5.82 Å². The number of carbonyl (C=O) groups is 1. The van der Waals surface area contributed by atoms with Crippen LogP contribution in [0.1, 0.15) is 0 Å². The SMILES string of the molecule is CN(CC(=O)Nc1ccc(F)c(Cl)c1)c1ccccc1. The third kappa shape index (κ3) is 3.71. The van der Waals surface area contributed by atoms with E-state index in [2.05, 4.69) is 5.32 Å². The van der Waals surface area contributed by atoms with E-state index >= 15 is 0 Å². The lowest BCUT2D eigenvalue weighted by molar-refractivity contribution is -0.114. The molecule has 0 saturated carbocycles. The van der Waals surface area contributed by atoms with Crippen LogP contribution in [-0.2, 0) is 4.79 Å². The van der Waals surface area contributed by atoms with E-state index in [0.717, 1.165) is 5.69 Å². The van der Waals surface area contributed by atoms with Gasteiger partial charge in [-0.2, -0.15) is 0 Å². The Morgan fingerprint density at radius 2 is 1.95 bits per heavy atom. The largest absolute Gasteiger partial charge is 0.365 e. The van der Waals surface area contributed by atoms with Gasteiger partial charge < -0.3 is 10.2 Å². The molecule has 3 nitrogen and oxygen atoms in total. The summed E-state index contributed by atoms with van der Waals surface area (Å²) in [4.78, 5) is 13.7. The summed E-state index contributed by atoms with van der Waals surface area (Å²) in [6, 6.07) is 13.6. The van der Waals surface area contributed by atoms with Crippen LogP contribution in [0, 0.1) is 5.82 Å². The fourth-order valence-corrected chi connectivity index (χ4v) is 1.94. The molecular weight excluding hydrogens is 279 g/mol. The van der Waals surface area contributed by atoms with Crippen LogP contribution in [0.15, 0.2) is 48.5 Å². The number of likely N-dealkylation sites (N-methyl/N-ethyl adjacent to an activating group) is 1. The molecule has 0 heterocycles. The van der Waals surface area contributed by atoms with Crippen LogP contribution >= 0.6 is 11.6 Å². The molecule has 0 aliphatic rings. The first kappa shape index (κ1) is 14.3. The van der Waals surface area contributed by atoms with E-state index in [1.807, 2.05) is 42.3 Å². The second-order valence-corrected chi connectivity index (χ2v) is 4.78. The number of halogens is 2. The first-order valence-electron chi connectivity index (χ1n) is 6.07. The summed E-state index contributed by atoms with van der Waals surface area (Å²) in [5, 5.41) is 2.66. The molecule has 0 atom stereocenters. The van der Waals surface area contributed by atoms with Crippen LogP contribution in [0.25, 0.3) is 0 Å². The Labute approximate surface area is 122 Å². The number of amides is 1. The molecule has 2 aromatic rings. The lowest BCUT2D eigenvalue weighted by Crippen LogP contribution is -2.29. The van der Waals surface area contributed by atoms with Crippen molar-refractivity contribution >= 4 is 28.9 Å². The normalized spacial score (nSPS) is 10.2. The Bertz CT molecular complexity index is 604. The quantitative estimate of drug-likeness (QED) is 0.934. The molecule has 2 aromatic carbocycles. The molecule has 5 heteroatoms. The zero-order chi connectivity index (χ0) is 14.5. The van der Waals surface area contributed by atoms with Crippen molar-refractivity contribution in [3.8, 4) is 0 Å². The Kier molecular flexibility index (Phi) is 4.58. The number of hydrogen-bond donors (Lipinski definition) is 1. The van der Waals surface area contributed by atoms with E-state index in [-0.39, 0.29) is 17.5 Å². The number of nitrogens with one attached hydrogen (secondary N) is 1. The van der Waals surface area contributed by atoms with E-state index in [0.29, 0.717) is 5.69 Å². The maximum absolute atomic E-state index is 13.0. The molecule has 20 heavy (non-hydrogen) atoms. The number of nitrogens with zero attached hydrogens (tertiary/aromatic N) is 1. The lowest BCUT2D eigenvalue weighted by atomic mass is 10.3. The molecule has 2 rings (SSSR count). The monoisotopic (exact) mass is 292 g/mol. The Hall–Kier alpha value is -2.07. The van der Waals surface area contributed by atoms with Crippen LogP contribution < -0.4 is 10.2 Å². The third-order valence-electron chi connectivity index (χ3n) is 2.78. The summed E-state index contributed by atoms with van der Waals surface area (Å²) in [6.07, 6.45) is 0. The van der Waals surface area contributed by atoms with Crippen LogP contribution in [0.2, 0.25) is 5.02 Å². The predicted octanol–water partition coefficient (Wildman–Crippen LogP) is 3.55. The summed E-state index contributed by atoms with van der Waals surface area (Å²) in [7, 11) is 1.83. The van der Waals surface area contributed by atoms with Crippen molar-refractivity contribution < 1.29 is 9.18 Å². The second kappa shape index (κ2) is 6.39. The van der Waals surface area contributed by atoms with Gasteiger partial charge in [-0.15, -0.1) is 0 Å². The molecule has 1 amide bonds. The van der Waals surface area contributed by atoms with Crippen molar-refractivity contribution in [1.82, 2.24) is 0 Å². The van der Waals surface area contributed by atoms with E-state index in [1.54, 1.807) is 0 Å². The maximum Gasteiger partial charge on any atom is 0.243 e. The molecule has 0 aliphatic heterocycles. The Morgan fingerprint density at radius 1 is 1.25 bits per heavy atom. The highest BCUT2D eigenvalue weighted by Gasteiger charge is 2.08. The number of benzene rings is 2. The first-order valence-corrected chi connectivity index (χ1v) is 6.45. The van der Waals surface area contributed by atoms with Gasteiger partial charge in [0.05, 0.1) is 11.6 Å². The van der Waals surface area contributed by atoms with Gasteiger partial charge in [-0.25, -0.2) is 4.39 Å². The molecule has 0 bridgehead atoms. The molecule has 0 fully saturated rings. The van der Waals surface area contributed by atoms with Gasteiger partial charge in [0.1, 0.15) is 5.82 Å². The average molecular weight is 293 g/mol. The van der Waals surface area contributed by atoms with E-state index in [9.17, 15) is 9.18 Å². The summed E-state index contributed by atoms with van der Waals surface area (Å²) < 4.78 is 13.0. The number of rotatable bonds is 4. The third-order valence-corrected chi connectivity index (χ3v) is 3.07. The zero-order valence-electron chi connectivity index (χ0n) is 10.9. The number of carbonyl (C=O) groups excluding carboxylic acids is 1. The minimum Gasteiger partial charge on any atom is -0.365 e. The van der Waals surface area contributed by atoms with Crippen LogP contribution in [0.4, 0.5) is 15.8 Å². The summed E-state index contributed by atoms with van der Waals surface area (Å²) in [5.41, 5.74) is 1.42. The first-order chi connectivity index (χ1) is 9.56. The summed E-state index contributed by atoms with van der Waals surface area (Å²) >= 11 is 5.66. The number of hydrogen-bond acceptors (Lipinski definition) is 2. The molecule has 0 unspecified atom stereocenters. The molecule has 104 valence electrons. The summed E-state index contributed by atoms with van der Waals surface area (Å²) in [6.45, 7) is 0.193. The van der Waals surface area contributed by atoms with Crippen molar-refractivity contribution in [1.29, 1.82) is 0 Å². The van der Waals surface area contributed by atoms with Gasteiger partial charge in [0.15, 0.2) is 0 Å². The van der Waals surface area contributed by atoms with Gasteiger partial charge in [-0.05, 0) is 30.3 Å². The standard InChI is InChI=1S/C15H14ClFN2O/c1-19(12-5-3-2-4-6-12)10-15(20)18-11-7-8-14(17)13(16)9-11/h2-9H,10H2,1H3,(H,18,20). The predicted molar refractivity (Wildman–Crippen MR) is 79.8 cm³/mol. The topological polar surface area (TPSA) is 32.3 Å². The molecular formula is C15H14ClFN2O. The van der Waals surface area contributed by atoms with Gasteiger partial charge in [0, 0.05) is 18.4 Å². The molecule has 0 saturated heterocycles. The maximum atomic E-state index is 13.0. The van der Waals surface area contributed by atoms with Crippen LogP contribution in [-0.4, -0.2) is 19.5 Å². The van der Waals surface area contributed by atoms with Gasteiger partial charge in [-0.1, -0.05) is 29.8 Å². The second-order valence-electron chi connectivity index (χ2n) is 4.37. The Balaban J connectivity index is 1.97. The highest BCUT2D eigenvalue weighted by molar-refractivity contribution is 6.31. The molecule has 0 aromatic heterocycles. The highest BCUT2D eigenvalue weighted by Crippen LogP contribution is 2.19. The average Bonchev–Trinajstić information content (AvgIpc) is 2.44. The molecule has 0 radical (unpaired) electrons. The molecule has 0 spiro atoms. The van der Waals surface area contributed by atoms with Gasteiger partial charge in [0.25, 0.3) is 0 Å². The van der Waals surface area contributed by atoms with Gasteiger partial charge in [0.2, 0.25) is 5.91 Å². The minimum atomic E-state index is -0.508. The van der Waals surface area contributed by atoms with Crippen molar-refractivity contribution in [2.24, 2.45) is 0 Å². The van der Waals surface area contributed by atoms with Crippen molar-refractivity contribution in [3.63, 3.8) is 0 Å². The fourth-order valence-electron chi connectivity index (χ4n) is 1.76. The molecule has 1 N–H and O–H groups in total. The van der Waals surface area contributed by atoms with Gasteiger partial charge >= 0.3 is 0 Å². The van der Waals surface area contributed by atoms with E-state index in [4.69, 9.17) is 11.6 Å². The van der Waals surface area contributed by atoms with Crippen molar-refractivity contribution in [2.75, 3.05) is 23.8 Å². The fraction of sp³-hybridized carbons (Fsp3) is 0.133. The number of anilines is 2.